The number of hydrogen-bond donors (Lipinski definition) is 1. The minimum Gasteiger partial charge on any atom is -0.352 e. The SMILES string of the molecule is CCC(C(=O)NC1CCCCC1)N(Cc1cccc(C)c1)C(=O)CN(c1ccc(C(C)C)cc1)S(C)(=O)=O. The quantitative estimate of drug-likeness (QED) is 0.427. The Morgan fingerprint density at radius 2 is 1.68 bits per heavy atom. The lowest BCUT2D eigenvalue weighted by Crippen LogP contribution is -2.53. The van der Waals surface area contributed by atoms with E-state index < -0.39 is 22.0 Å². The van der Waals surface area contributed by atoms with Gasteiger partial charge in [0.1, 0.15) is 12.6 Å². The highest BCUT2D eigenvalue weighted by atomic mass is 32.2. The number of aryl methyl sites for hydroxylation is 1. The summed E-state index contributed by atoms with van der Waals surface area (Å²) >= 11 is 0. The second-order valence-corrected chi connectivity index (χ2v) is 12.7. The van der Waals surface area contributed by atoms with E-state index in [2.05, 4.69) is 19.2 Å². The number of hydrogen-bond acceptors (Lipinski definition) is 4. The van der Waals surface area contributed by atoms with E-state index in [0.717, 1.165) is 52.9 Å². The molecule has 2 aromatic rings. The predicted octanol–water partition coefficient (Wildman–Crippen LogP) is 5.14. The summed E-state index contributed by atoms with van der Waals surface area (Å²) < 4.78 is 26.8. The average molecular weight is 542 g/mol. The number of nitrogens with one attached hydrogen (secondary N) is 1. The van der Waals surface area contributed by atoms with Gasteiger partial charge in [0.15, 0.2) is 0 Å². The normalized spacial score (nSPS) is 15.2. The van der Waals surface area contributed by atoms with Gasteiger partial charge in [-0.3, -0.25) is 13.9 Å². The molecule has 1 unspecified atom stereocenters. The van der Waals surface area contributed by atoms with Crippen LogP contribution in [-0.4, -0.2) is 50.0 Å². The van der Waals surface area contributed by atoms with Gasteiger partial charge < -0.3 is 10.2 Å². The van der Waals surface area contributed by atoms with Crippen LogP contribution in [-0.2, 0) is 26.2 Å². The van der Waals surface area contributed by atoms with Gasteiger partial charge in [-0.1, -0.05) is 82.0 Å². The molecule has 208 valence electrons. The molecule has 1 saturated carbocycles. The third kappa shape index (κ3) is 8.06. The van der Waals surface area contributed by atoms with E-state index in [0.29, 0.717) is 18.0 Å². The molecule has 3 rings (SSSR count). The summed E-state index contributed by atoms with van der Waals surface area (Å²) in [4.78, 5) is 28.9. The zero-order valence-corrected chi connectivity index (χ0v) is 24.3. The predicted molar refractivity (Wildman–Crippen MR) is 154 cm³/mol. The summed E-state index contributed by atoms with van der Waals surface area (Å²) in [6.07, 6.45) is 6.79. The summed E-state index contributed by atoms with van der Waals surface area (Å²) in [6.45, 7) is 7.86. The second-order valence-electron chi connectivity index (χ2n) is 10.8. The Morgan fingerprint density at radius 3 is 2.24 bits per heavy atom. The van der Waals surface area contributed by atoms with Gasteiger partial charge in [0.05, 0.1) is 11.9 Å². The standard InChI is InChI=1S/C30H43N3O4S/c1-6-28(30(35)31-26-13-8-7-9-14-26)32(20-24-12-10-11-23(4)19-24)29(34)21-33(38(5,36)37)27-17-15-25(16-18-27)22(2)3/h10-12,15-19,22,26,28H,6-9,13-14,20-21H2,1-5H3,(H,31,35). The Balaban J connectivity index is 1.91. The minimum atomic E-state index is -3.75. The van der Waals surface area contributed by atoms with Crippen molar-refractivity contribution in [2.75, 3.05) is 17.1 Å². The Kier molecular flexibility index (Phi) is 10.4. The van der Waals surface area contributed by atoms with Gasteiger partial charge in [-0.2, -0.15) is 0 Å². The van der Waals surface area contributed by atoms with Crippen LogP contribution >= 0.6 is 0 Å². The number of carbonyl (C=O) groups excluding carboxylic acids is 2. The number of sulfonamides is 1. The van der Waals surface area contributed by atoms with Crippen molar-refractivity contribution in [1.82, 2.24) is 10.2 Å². The van der Waals surface area contributed by atoms with Crippen LogP contribution in [0.15, 0.2) is 48.5 Å². The van der Waals surface area contributed by atoms with Crippen molar-refractivity contribution < 1.29 is 18.0 Å². The number of rotatable bonds is 11. The smallest absolute Gasteiger partial charge is 0.244 e. The van der Waals surface area contributed by atoms with Crippen molar-refractivity contribution in [3.63, 3.8) is 0 Å². The van der Waals surface area contributed by atoms with E-state index in [1.165, 1.54) is 6.42 Å². The molecule has 0 saturated heterocycles. The van der Waals surface area contributed by atoms with Gasteiger partial charge in [0.2, 0.25) is 21.8 Å². The summed E-state index contributed by atoms with van der Waals surface area (Å²) in [5.74, 6) is -0.279. The highest BCUT2D eigenvalue weighted by Crippen LogP contribution is 2.24. The Labute approximate surface area is 228 Å². The summed E-state index contributed by atoms with van der Waals surface area (Å²) in [7, 11) is -3.75. The maximum atomic E-state index is 13.9. The molecule has 2 aromatic carbocycles. The van der Waals surface area contributed by atoms with Crippen LogP contribution in [0, 0.1) is 6.92 Å². The fraction of sp³-hybridized carbons (Fsp3) is 0.533. The monoisotopic (exact) mass is 541 g/mol. The topological polar surface area (TPSA) is 86.8 Å². The molecule has 0 aliphatic heterocycles. The maximum absolute atomic E-state index is 13.9. The third-order valence-corrected chi connectivity index (χ3v) is 8.44. The van der Waals surface area contributed by atoms with Gasteiger partial charge in [-0.05, 0) is 55.4 Å². The lowest BCUT2D eigenvalue weighted by Gasteiger charge is -2.34. The number of anilines is 1. The molecule has 1 fully saturated rings. The highest BCUT2D eigenvalue weighted by Gasteiger charge is 2.32. The maximum Gasteiger partial charge on any atom is 0.244 e. The van der Waals surface area contributed by atoms with Gasteiger partial charge in [-0.25, -0.2) is 8.42 Å². The molecular weight excluding hydrogens is 498 g/mol. The van der Waals surface area contributed by atoms with Crippen LogP contribution in [0.3, 0.4) is 0 Å². The number of carbonyl (C=O) groups is 2. The van der Waals surface area contributed by atoms with Crippen molar-refractivity contribution in [1.29, 1.82) is 0 Å². The molecule has 1 atom stereocenters. The number of benzene rings is 2. The number of amides is 2. The van der Waals surface area contributed by atoms with E-state index in [4.69, 9.17) is 0 Å². The summed E-state index contributed by atoms with van der Waals surface area (Å²) in [6, 6.07) is 14.5. The molecule has 38 heavy (non-hydrogen) atoms. The summed E-state index contributed by atoms with van der Waals surface area (Å²) in [5, 5.41) is 3.17. The molecule has 1 aliphatic rings. The first-order valence-corrected chi connectivity index (χ1v) is 15.6. The molecule has 0 radical (unpaired) electrons. The molecule has 1 aliphatic carbocycles. The molecule has 1 N–H and O–H groups in total. The number of nitrogens with zero attached hydrogens (tertiary/aromatic N) is 2. The van der Waals surface area contributed by atoms with Crippen molar-refractivity contribution >= 4 is 27.5 Å². The molecule has 8 heteroatoms. The van der Waals surface area contributed by atoms with Crippen LogP contribution < -0.4 is 9.62 Å². The van der Waals surface area contributed by atoms with Crippen LogP contribution in [0.1, 0.15) is 81.9 Å². The molecule has 7 nitrogen and oxygen atoms in total. The molecule has 0 heterocycles. The zero-order valence-electron chi connectivity index (χ0n) is 23.4. The van der Waals surface area contributed by atoms with Gasteiger partial charge in [0, 0.05) is 12.6 Å². The second kappa shape index (κ2) is 13.3. The molecular formula is C30H43N3O4S. The average Bonchev–Trinajstić information content (AvgIpc) is 2.87. The van der Waals surface area contributed by atoms with Gasteiger partial charge >= 0.3 is 0 Å². The molecule has 2 amide bonds. The van der Waals surface area contributed by atoms with E-state index in [1.807, 2.05) is 50.2 Å². The summed E-state index contributed by atoms with van der Waals surface area (Å²) in [5.41, 5.74) is 3.47. The lowest BCUT2D eigenvalue weighted by molar-refractivity contribution is -0.140. The fourth-order valence-electron chi connectivity index (χ4n) is 5.11. The first-order valence-electron chi connectivity index (χ1n) is 13.7. The van der Waals surface area contributed by atoms with Crippen molar-refractivity contribution in [3.05, 3.63) is 65.2 Å². The van der Waals surface area contributed by atoms with E-state index in [-0.39, 0.29) is 25.0 Å². The first kappa shape index (κ1) is 29.7. The molecule has 0 bridgehead atoms. The van der Waals surface area contributed by atoms with Crippen LogP contribution in [0.25, 0.3) is 0 Å². The van der Waals surface area contributed by atoms with Crippen molar-refractivity contribution in [2.45, 2.75) is 90.8 Å². The van der Waals surface area contributed by atoms with Gasteiger partial charge in [-0.15, -0.1) is 0 Å². The molecule has 0 spiro atoms. The van der Waals surface area contributed by atoms with E-state index >= 15 is 0 Å². The van der Waals surface area contributed by atoms with Crippen LogP contribution in [0.5, 0.6) is 0 Å². The third-order valence-electron chi connectivity index (χ3n) is 7.30. The zero-order chi connectivity index (χ0) is 27.9. The highest BCUT2D eigenvalue weighted by molar-refractivity contribution is 7.92. The van der Waals surface area contributed by atoms with Crippen LogP contribution in [0.2, 0.25) is 0 Å². The largest absolute Gasteiger partial charge is 0.352 e. The first-order chi connectivity index (χ1) is 18.0. The lowest BCUT2D eigenvalue weighted by atomic mass is 9.95. The molecule has 0 aromatic heterocycles. The Hall–Kier alpha value is -2.87. The Morgan fingerprint density at radius 1 is 1.03 bits per heavy atom. The van der Waals surface area contributed by atoms with Gasteiger partial charge in [0.25, 0.3) is 0 Å². The van der Waals surface area contributed by atoms with E-state index in [1.54, 1.807) is 17.0 Å². The van der Waals surface area contributed by atoms with Crippen molar-refractivity contribution in [3.8, 4) is 0 Å². The van der Waals surface area contributed by atoms with Crippen molar-refractivity contribution in [2.24, 2.45) is 0 Å². The minimum absolute atomic E-state index is 0.119. The van der Waals surface area contributed by atoms with Crippen LogP contribution in [0.4, 0.5) is 5.69 Å². The fourth-order valence-corrected chi connectivity index (χ4v) is 5.96. The van der Waals surface area contributed by atoms with E-state index in [9.17, 15) is 18.0 Å². The Bertz CT molecular complexity index is 1190.